The second-order valence-corrected chi connectivity index (χ2v) is 10.5. The van der Waals surface area contributed by atoms with E-state index in [1.165, 1.54) is 12.3 Å². The van der Waals surface area contributed by atoms with Crippen LogP contribution in [-0.2, 0) is 20.8 Å². The third-order valence-electron chi connectivity index (χ3n) is 7.46. The lowest BCUT2D eigenvalue weighted by atomic mass is 9.82. The molecule has 1 aliphatic carbocycles. The lowest BCUT2D eigenvalue weighted by molar-refractivity contribution is -0.921. The maximum atomic E-state index is 14.0. The van der Waals surface area contributed by atoms with Crippen LogP contribution in [0.5, 0.6) is 0 Å². The minimum absolute atomic E-state index is 0.0687. The number of aliphatic hydroxyl groups excluding tert-OH is 1. The van der Waals surface area contributed by atoms with Crippen LogP contribution in [0, 0.1) is 22.5 Å². The average molecular weight is 506 g/mol. The van der Waals surface area contributed by atoms with Crippen LogP contribution in [0.15, 0.2) is 30.0 Å². The van der Waals surface area contributed by atoms with Gasteiger partial charge in [0.2, 0.25) is 11.8 Å². The van der Waals surface area contributed by atoms with Crippen molar-refractivity contribution in [3.8, 4) is 0 Å². The number of Topliss-reactive ketones (excluding diaryl/α,β-unsaturated/α-hetero) is 2. The number of hydrogen-bond donors (Lipinski definition) is 3. The van der Waals surface area contributed by atoms with Crippen LogP contribution in [0.4, 0.5) is 8.78 Å². The molecule has 3 N–H and O–H groups in total. The zero-order valence-electron chi connectivity index (χ0n) is 19.4. The second kappa shape index (κ2) is 9.03. The second-order valence-electron chi connectivity index (χ2n) is 9.35. The van der Waals surface area contributed by atoms with Gasteiger partial charge in [-0.2, -0.15) is 0 Å². The average Bonchev–Trinajstić information content (AvgIpc) is 2.97. The highest BCUT2D eigenvalue weighted by Crippen LogP contribution is 2.50. The molecule has 0 radical (unpaired) electrons. The van der Waals surface area contributed by atoms with E-state index in [1.54, 1.807) is 18.9 Å². The Hall–Kier alpha value is -2.76. The molecule has 0 bridgehead atoms. The van der Waals surface area contributed by atoms with Crippen LogP contribution in [0.2, 0.25) is 0 Å². The summed E-state index contributed by atoms with van der Waals surface area (Å²) in [7, 11) is 1.71. The lowest BCUT2D eigenvalue weighted by Crippen LogP contribution is -2.67. The number of aliphatic hydroxyl groups is 1. The predicted octanol–water partition coefficient (Wildman–Crippen LogP) is 2.54. The van der Waals surface area contributed by atoms with Crippen LogP contribution < -0.4 is 0 Å². The van der Waals surface area contributed by atoms with E-state index >= 15 is 0 Å². The third kappa shape index (κ3) is 3.95. The number of thioether (sulfide) groups is 1. The van der Waals surface area contributed by atoms with Gasteiger partial charge in [-0.1, -0.05) is 17.8 Å². The number of benzene rings is 1. The highest BCUT2D eigenvalue weighted by molar-refractivity contribution is 8.26. The van der Waals surface area contributed by atoms with Crippen molar-refractivity contribution in [2.24, 2.45) is 0 Å². The molecule has 2 atom stereocenters. The van der Waals surface area contributed by atoms with Crippen LogP contribution in [0.1, 0.15) is 38.2 Å². The fraction of sp³-hybridized carbons (Fsp3) is 0.458. The molecule has 11 heteroatoms. The molecule has 1 saturated carbocycles. The SMILES string of the molecule is CCN1C(=O)C2C(=O)C(=O)C(C(=N)SC(=N)Cc3ccc(F)cc3F)=C[N+]2(C)C12CCC(O)CC2. The number of fused-ring (bicyclic) bond motifs is 2. The summed E-state index contributed by atoms with van der Waals surface area (Å²) in [6, 6.07) is 1.75. The number of carbonyl (C=O) groups excluding carboxylic acids is 3. The summed E-state index contributed by atoms with van der Waals surface area (Å²) in [4.78, 5) is 41.1. The molecule has 2 unspecified atom stereocenters. The molecule has 2 fully saturated rings. The molecule has 3 aliphatic rings. The van der Waals surface area contributed by atoms with Gasteiger partial charge in [-0.15, -0.1) is 0 Å². The molecule has 2 aliphatic heterocycles. The van der Waals surface area contributed by atoms with Crippen LogP contribution in [-0.4, -0.2) is 73.5 Å². The summed E-state index contributed by atoms with van der Waals surface area (Å²) in [6.07, 6.45) is 2.52. The first-order valence-electron chi connectivity index (χ1n) is 11.4. The van der Waals surface area contributed by atoms with Gasteiger partial charge in [-0.3, -0.25) is 34.6 Å². The van der Waals surface area contributed by atoms with Crippen molar-refractivity contribution in [3.63, 3.8) is 0 Å². The van der Waals surface area contributed by atoms with Crippen molar-refractivity contribution in [1.82, 2.24) is 4.90 Å². The van der Waals surface area contributed by atoms with E-state index in [0.717, 1.165) is 6.07 Å². The molecule has 8 nitrogen and oxygen atoms in total. The molecule has 1 amide bonds. The minimum atomic E-state index is -1.24. The fourth-order valence-electron chi connectivity index (χ4n) is 5.70. The van der Waals surface area contributed by atoms with Crippen molar-refractivity contribution < 1.29 is 32.8 Å². The quantitative estimate of drug-likeness (QED) is 0.191. The first-order chi connectivity index (χ1) is 16.4. The van der Waals surface area contributed by atoms with Gasteiger partial charge < -0.3 is 5.11 Å². The molecule has 4 rings (SSSR count). The molecule has 2 heterocycles. The van der Waals surface area contributed by atoms with E-state index in [0.29, 0.717) is 50.1 Å². The molecule has 1 aromatic carbocycles. The van der Waals surface area contributed by atoms with Crippen molar-refractivity contribution in [2.45, 2.75) is 56.8 Å². The summed E-state index contributed by atoms with van der Waals surface area (Å²) in [6.45, 7) is 2.14. The normalized spacial score (nSPS) is 30.5. The standard InChI is InChI=1S/C24H27F2N4O4S/c1-3-29-23(34)19-21(33)20(32)16(12-30(19,2)24(29)8-6-15(31)7-9-24)22(28)35-18(27)10-13-4-5-14(25)11-17(13)26/h4-5,11-12,15,19,27-28,31H,3,6-10H2,1-2H3/q+1. The van der Waals surface area contributed by atoms with Gasteiger partial charge >= 0.3 is 0 Å². The highest BCUT2D eigenvalue weighted by Gasteiger charge is 2.71. The molecule has 1 aromatic rings. The lowest BCUT2D eigenvalue weighted by Gasteiger charge is -2.51. The maximum Gasteiger partial charge on any atom is 0.294 e. The number of amides is 1. The van der Waals surface area contributed by atoms with Crippen LogP contribution in [0.25, 0.3) is 0 Å². The van der Waals surface area contributed by atoms with Crippen LogP contribution in [0.3, 0.4) is 0 Å². The zero-order valence-corrected chi connectivity index (χ0v) is 20.3. The van der Waals surface area contributed by atoms with E-state index in [4.69, 9.17) is 10.8 Å². The van der Waals surface area contributed by atoms with Gasteiger partial charge in [-0.25, -0.2) is 8.78 Å². The third-order valence-corrected chi connectivity index (χ3v) is 8.27. The molecular weight excluding hydrogens is 478 g/mol. The number of ketones is 2. The number of nitrogens with zero attached hydrogens (tertiary/aromatic N) is 2. The first-order valence-corrected chi connectivity index (χ1v) is 12.2. The number of likely N-dealkylation sites (N-methyl/N-ethyl adjacent to an activating group) is 2. The van der Waals surface area contributed by atoms with Gasteiger partial charge in [0.25, 0.3) is 11.7 Å². The summed E-state index contributed by atoms with van der Waals surface area (Å²) in [5, 5.41) is 26.3. The van der Waals surface area contributed by atoms with Gasteiger partial charge in [0.05, 0.1) is 18.2 Å². The maximum absolute atomic E-state index is 14.0. The molecule has 186 valence electrons. The van der Waals surface area contributed by atoms with Gasteiger partial charge in [0.1, 0.15) is 28.5 Å². The summed E-state index contributed by atoms with van der Waals surface area (Å²) in [5.41, 5.74) is -0.953. The zero-order chi connectivity index (χ0) is 25.7. The molecule has 1 spiro atoms. The molecule has 1 saturated heterocycles. The topological polar surface area (TPSA) is 122 Å². The van der Waals surface area contributed by atoms with Crippen LogP contribution >= 0.6 is 11.8 Å². The van der Waals surface area contributed by atoms with Crippen molar-refractivity contribution in [3.05, 3.63) is 47.2 Å². The molecule has 0 aromatic heterocycles. The molecule has 35 heavy (non-hydrogen) atoms. The van der Waals surface area contributed by atoms with Gasteiger partial charge in [0, 0.05) is 31.9 Å². The molecular formula is C24H27F2N4O4S+. The van der Waals surface area contributed by atoms with Crippen molar-refractivity contribution in [2.75, 3.05) is 13.6 Å². The van der Waals surface area contributed by atoms with Crippen molar-refractivity contribution >= 4 is 39.3 Å². The fourth-order valence-corrected chi connectivity index (χ4v) is 6.43. The predicted molar refractivity (Wildman–Crippen MR) is 126 cm³/mol. The summed E-state index contributed by atoms with van der Waals surface area (Å²) in [5.74, 6) is -3.84. The Bertz CT molecular complexity index is 1180. The number of hydrogen-bond acceptors (Lipinski definition) is 7. The number of halogens is 2. The monoisotopic (exact) mass is 505 g/mol. The van der Waals surface area contributed by atoms with E-state index < -0.39 is 46.9 Å². The largest absolute Gasteiger partial charge is 0.393 e. The smallest absolute Gasteiger partial charge is 0.294 e. The van der Waals surface area contributed by atoms with E-state index in [2.05, 4.69) is 0 Å². The van der Waals surface area contributed by atoms with E-state index in [1.807, 2.05) is 0 Å². The van der Waals surface area contributed by atoms with Gasteiger partial charge in [0.15, 0.2) is 5.66 Å². The first kappa shape index (κ1) is 25.3. The minimum Gasteiger partial charge on any atom is -0.393 e. The van der Waals surface area contributed by atoms with E-state index in [-0.39, 0.29) is 32.1 Å². The summed E-state index contributed by atoms with van der Waals surface area (Å²) >= 11 is 0.612. The Morgan fingerprint density at radius 3 is 2.49 bits per heavy atom. The number of rotatable bonds is 4. The number of nitrogens with one attached hydrogen (secondary N) is 2. The van der Waals surface area contributed by atoms with Gasteiger partial charge in [-0.05, 0) is 31.4 Å². The Morgan fingerprint density at radius 2 is 1.89 bits per heavy atom. The Morgan fingerprint density at radius 1 is 1.23 bits per heavy atom. The summed E-state index contributed by atoms with van der Waals surface area (Å²) < 4.78 is 27.0. The Balaban J connectivity index is 1.66. The highest BCUT2D eigenvalue weighted by atomic mass is 32.2. The van der Waals surface area contributed by atoms with E-state index in [9.17, 15) is 28.3 Å². The van der Waals surface area contributed by atoms with Crippen molar-refractivity contribution in [1.29, 1.82) is 10.8 Å². The Kier molecular flexibility index (Phi) is 6.54. The Labute approximate surface area is 205 Å². The number of carbonyl (C=O) groups is 3. The number of quaternary nitrogens is 1.